The highest BCUT2D eigenvalue weighted by atomic mass is 16.4. The van der Waals surface area contributed by atoms with Crippen LogP contribution in [0, 0.1) is 5.41 Å². The average molecular weight is 237 g/mol. The van der Waals surface area contributed by atoms with E-state index in [-0.39, 0.29) is 11.8 Å². The molecule has 1 rings (SSSR count). The highest BCUT2D eigenvalue weighted by Gasteiger charge is 2.29. The van der Waals surface area contributed by atoms with Crippen molar-refractivity contribution in [3.8, 4) is 5.75 Å². The normalized spacial score (nSPS) is 13.4. The lowest BCUT2D eigenvalue weighted by atomic mass is 9.84. The van der Waals surface area contributed by atoms with Gasteiger partial charge in [-0.2, -0.15) is 0 Å². The zero-order chi connectivity index (χ0) is 13.1. The van der Waals surface area contributed by atoms with Crippen molar-refractivity contribution < 1.29 is 15.0 Å². The van der Waals surface area contributed by atoms with E-state index in [1.54, 1.807) is 38.1 Å². The Kier molecular flexibility index (Phi) is 4.12. The molecule has 4 heteroatoms. The van der Waals surface area contributed by atoms with E-state index in [1.807, 2.05) is 0 Å². The zero-order valence-corrected chi connectivity index (χ0v) is 10.2. The molecule has 0 bridgehead atoms. The lowest BCUT2D eigenvalue weighted by molar-refractivity contribution is -0.147. The second kappa shape index (κ2) is 5.19. The first kappa shape index (κ1) is 13.5. The third-order valence-corrected chi connectivity index (χ3v) is 2.79. The average Bonchev–Trinajstić information content (AvgIpc) is 2.20. The van der Waals surface area contributed by atoms with Crippen LogP contribution < -0.4 is 5.73 Å². The van der Waals surface area contributed by atoms with E-state index >= 15 is 0 Å². The van der Waals surface area contributed by atoms with Gasteiger partial charge in [0, 0.05) is 6.04 Å². The summed E-state index contributed by atoms with van der Waals surface area (Å²) >= 11 is 0. The molecule has 1 atom stereocenters. The van der Waals surface area contributed by atoms with Gasteiger partial charge in [0.05, 0.1) is 5.41 Å². The third-order valence-electron chi connectivity index (χ3n) is 2.79. The minimum atomic E-state index is -0.835. The zero-order valence-electron chi connectivity index (χ0n) is 10.2. The number of aromatic hydroxyl groups is 1. The lowest BCUT2D eigenvalue weighted by Gasteiger charge is -2.23. The Labute approximate surface area is 101 Å². The number of carboxylic acids is 1. The summed E-state index contributed by atoms with van der Waals surface area (Å²) in [5.41, 5.74) is 6.13. The molecule has 0 spiro atoms. The topological polar surface area (TPSA) is 83.5 Å². The lowest BCUT2D eigenvalue weighted by Crippen LogP contribution is -2.34. The molecule has 4 nitrogen and oxygen atoms in total. The summed E-state index contributed by atoms with van der Waals surface area (Å²) in [6.07, 6.45) is 1.03. The molecule has 0 saturated heterocycles. The molecule has 0 saturated carbocycles. The Morgan fingerprint density at radius 3 is 2.35 bits per heavy atom. The van der Waals surface area contributed by atoms with E-state index in [9.17, 15) is 4.79 Å². The second-order valence-electron chi connectivity index (χ2n) is 5.02. The Morgan fingerprint density at radius 1 is 1.35 bits per heavy atom. The molecule has 4 N–H and O–H groups in total. The van der Waals surface area contributed by atoms with Crippen molar-refractivity contribution in [2.45, 2.75) is 32.7 Å². The maximum atomic E-state index is 11.0. The highest BCUT2D eigenvalue weighted by molar-refractivity contribution is 5.73. The maximum Gasteiger partial charge on any atom is 0.309 e. The minimum absolute atomic E-state index is 0.203. The van der Waals surface area contributed by atoms with Crippen LogP contribution >= 0.6 is 0 Å². The number of carboxylic acid groups (broad SMARTS) is 1. The molecular formula is C13H19NO3. The molecule has 0 aromatic heterocycles. The molecular weight excluding hydrogens is 218 g/mol. The SMILES string of the molecule is CC(C)(CC(N)Cc1ccc(O)cc1)C(=O)O. The second-order valence-corrected chi connectivity index (χ2v) is 5.02. The molecule has 0 heterocycles. The van der Waals surface area contributed by atoms with E-state index in [4.69, 9.17) is 15.9 Å². The molecule has 1 aromatic carbocycles. The Hall–Kier alpha value is -1.55. The Bertz CT molecular complexity index is 384. The van der Waals surface area contributed by atoms with Gasteiger partial charge in [-0.05, 0) is 44.4 Å². The largest absolute Gasteiger partial charge is 0.508 e. The number of rotatable bonds is 5. The van der Waals surface area contributed by atoms with Crippen LogP contribution in [0.2, 0.25) is 0 Å². The number of phenols is 1. The van der Waals surface area contributed by atoms with Crippen molar-refractivity contribution in [1.82, 2.24) is 0 Å². The van der Waals surface area contributed by atoms with E-state index in [1.165, 1.54) is 0 Å². The van der Waals surface area contributed by atoms with Crippen molar-refractivity contribution in [2.75, 3.05) is 0 Å². The summed E-state index contributed by atoms with van der Waals surface area (Å²) in [7, 11) is 0. The van der Waals surface area contributed by atoms with Crippen molar-refractivity contribution in [2.24, 2.45) is 11.1 Å². The number of carbonyl (C=O) groups is 1. The summed E-state index contributed by atoms with van der Waals surface area (Å²) < 4.78 is 0. The van der Waals surface area contributed by atoms with Gasteiger partial charge in [-0.1, -0.05) is 12.1 Å². The fourth-order valence-electron chi connectivity index (χ4n) is 1.75. The Balaban J connectivity index is 2.58. The first-order chi connectivity index (χ1) is 7.81. The van der Waals surface area contributed by atoms with Gasteiger partial charge in [0.25, 0.3) is 0 Å². The van der Waals surface area contributed by atoms with E-state index in [0.717, 1.165) is 5.56 Å². The summed E-state index contributed by atoms with van der Waals surface area (Å²) in [5.74, 6) is -0.619. The fraction of sp³-hybridized carbons (Fsp3) is 0.462. The monoisotopic (exact) mass is 237 g/mol. The molecule has 0 radical (unpaired) electrons. The minimum Gasteiger partial charge on any atom is -0.508 e. The smallest absolute Gasteiger partial charge is 0.309 e. The molecule has 17 heavy (non-hydrogen) atoms. The third kappa shape index (κ3) is 4.07. The van der Waals surface area contributed by atoms with Crippen LogP contribution in [-0.4, -0.2) is 22.2 Å². The van der Waals surface area contributed by atoms with Crippen LogP contribution in [0.3, 0.4) is 0 Å². The van der Waals surface area contributed by atoms with Crippen LogP contribution in [0.5, 0.6) is 5.75 Å². The van der Waals surface area contributed by atoms with Gasteiger partial charge >= 0.3 is 5.97 Å². The fourth-order valence-corrected chi connectivity index (χ4v) is 1.75. The van der Waals surface area contributed by atoms with Crippen LogP contribution in [0.4, 0.5) is 0 Å². The molecule has 0 amide bonds. The van der Waals surface area contributed by atoms with E-state index < -0.39 is 11.4 Å². The van der Waals surface area contributed by atoms with Gasteiger partial charge in [0.1, 0.15) is 5.75 Å². The standard InChI is InChI=1S/C13H19NO3/c1-13(2,12(16)17)8-10(14)7-9-3-5-11(15)6-4-9/h3-6,10,15H,7-8,14H2,1-2H3,(H,16,17). The number of hydrogen-bond acceptors (Lipinski definition) is 3. The van der Waals surface area contributed by atoms with E-state index in [2.05, 4.69) is 0 Å². The van der Waals surface area contributed by atoms with Gasteiger partial charge < -0.3 is 15.9 Å². The van der Waals surface area contributed by atoms with Gasteiger partial charge in [0.2, 0.25) is 0 Å². The summed E-state index contributed by atoms with van der Waals surface area (Å²) in [4.78, 5) is 11.0. The van der Waals surface area contributed by atoms with Gasteiger partial charge in [-0.3, -0.25) is 4.79 Å². The van der Waals surface area contributed by atoms with Crippen LogP contribution in [0.25, 0.3) is 0 Å². The first-order valence-corrected chi connectivity index (χ1v) is 5.58. The number of phenolic OH excluding ortho intramolecular Hbond substituents is 1. The number of aliphatic carboxylic acids is 1. The Morgan fingerprint density at radius 2 is 1.88 bits per heavy atom. The summed E-state index contributed by atoms with van der Waals surface area (Å²) in [6, 6.07) is 6.59. The summed E-state index contributed by atoms with van der Waals surface area (Å²) in [5, 5.41) is 18.1. The first-order valence-electron chi connectivity index (χ1n) is 5.58. The molecule has 0 fully saturated rings. The molecule has 1 unspecified atom stereocenters. The van der Waals surface area contributed by atoms with Crippen molar-refractivity contribution in [3.63, 3.8) is 0 Å². The molecule has 94 valence electrons. The molecule has 0 aliphatic rings. The van der Waals surface area contributed by atoms with Gasteiger partial charge in [-0.15, -0.1) is 0 Å². The van der Waals surface area contributed by atoms with Crippen molar-refractivity contribution >= 4 is 5.97 Å². The van der Waals surface area contributed by atoms with Crippen molar-refractivity contribution in [1.29, 1.82) is 0 Å². The quantitative estimate of drug-likeness (QED) is 0.728. The number of benzene rings is 1. The highest BCUT2D eigenvalue weighted by Crippen LogP contribution is 2.23. The van der Waals surface area contributed by atoms with Crippen LogP contribution in [0.15, 0.2) is 24.3 Å². The maximum absolute atomic E-state index is 11.0. The van der Waals surface area contributed by atoms with E-state index in [0.29, 0.717) is 12.8 Å². The van der Waals surface area contributed by atoms with Crippen LogP contribution in [0.1, 0.15) is 25.8 Å². The van der Waals surface area contributed by atoms with Crippen molar-refractivity contribution in [3.05, 3.63) is 29.8 Å². The van der Waals surface area contributed by atoms with Gasteiger partial charge in [0.15, 0.2) is 0 Å². The number of nitrogens with two attached hydrogens (primary N) is 1. The van der Waals surface area contributed by atoms with Crippen LogP contribution in [-0.2, 0) is 11.2 Å². The molecule has 0 aliphatic carbocycles. The molecule has 1 aromatic rings. The molecule has 0 aliphatic heterocycles. The predicted octanol–water partition coefficient (Wildman–Crippen LogP) is 1.76. The summed E-state index contributed by atoms with van der Waals surface area (Å²) in [6.45, 7) is 3.35. The number of hydrogen-bond donors (Lipinski definition) is 3. The predicted molar refractivity (Wildman–Crippen MR) is 65.8 cm³/mol. The van der Waals surface area contributed by atoms with Gasteiger partial charge in [-0.25, -0.2) is 0 Å².